The van der Waals surface area contributed by atoms with Gasteiger partial charge in [0.05, 0.1) is 10.7 Å². The molecular weight excluding hydrogens is 428 g/mol. The van der Waals surface area contributed by atoms with Crippen LogP contribution >= 0.6 is 0 Å². The minimum absolute atomic E-state index is 0.0317. The Hall–Kier alpha value is -4.84. The largest absolute Gasteiger partial charge is 0.507 e. The molecular formula is C28H16N2O4. The number of aromatic hydroxyl groups is 2. The minimum Gasteiger partial charge on any atom is -0.507 e. The van der Waals surface area contributed by atoms with Gasteiger partial charge in [-0.3, -0.25) is 20.4 Å². The monoisotopic (exact) mass is 444 g/mol. The highest BCUT2D eigenvalue weighted by Crippen LogP contribution is 2.45. The quantitative estimate of drug-likeness (QED) is 0.227. The molecule has 4 aromatic carbocycles. The highest BCUT2D eigenvalue weighted by molar-refractivity contribution is 6.16. The van der Waals surface area contributed by atoms with Gasteiger partial charge in [-0.05, 0) is 11.6 Å². The molecule has 0 fully saturated rings. The smallest absolute Gasteiger partial charge is 0.195 e. The van der Waals surface area contributed by atoms with Gasteiger partial charge in [0.25, 0.3) is 0 Å². The summed E-state index contributed by atoms with van der Waals surface area (Å²) in [5.74, 6) is -0.155. The average Bonchev–Trinajstić information content (AvgIpc) is 2.86. The molecule has 34 heavy (non-hydrogen) atoms. The van der Waals surface area contributed by atoms with Gasteiger partial charge in [0, 0.05) is 49.0 Å². The van der Waals surface area contributed by atoms with Gasteiger partial charge < -0.3 is 10.2 Å². The van der Waals surface area contributed by atoms with E-state index in [4.69, 9.17) is 10.8 Å². The van der Waals surface area contributed by atoms with Crippen molar-refractivity contribution in [3.63, 3.8) is 0 Å². The van der Waals surface area contributed by atoms with Crippen LogP contribution in [0.4, 0.5) is 0 Å². The number of nitrogens with one attached hydrogen (secondary N) is 2. The van der Waals surface area contributed by atoms with E-state index in [1.165, 1.54) is 6.07 Å². The summed E-state index contributed by atoms with van der Waals surface area (Å²) >= 11 is 0. The molecule has 0 amide bonds. The van der Waals surface area contributed by atoms with Crippen molar-refractivity contribution in [1.82, 2.24) is 0 Å². The number of phenolic OH excluding ortho intramolecular Hbond substituents is 2. The minimum atomic E-state index is -0.421. The second kappa shape index (κ2) is 6.83. The van der Waals surface area contributed by atoms with Gasteiger partial charge in [-0.2, -0.15) is 0 Å². The maximum atomic E-state index is 13.6. The van der Waals surface area contributed by atoms with Crippen LogP contribution in [0.15, 0.2) is 82.4 Å². The van der Waals surface area contributed by atoms with E-state index in [9.17, 15) is 19.8 Å². The van der Waals surface area contributed by atoms with Gasteiger partial charge in [0.1, 0.15) is 11.5 Å². The van der Waals surface area contributed by atoms with E-state index in [1.807, 2.05) is 0 Å². The third kappa shape index (κ3) is 2.45. The van der Waals surface area contributed by atoms with Crippen LogP contribution in [0.25, 0.3) is 54.6 Å². The van der Waals surface area contributed by atoms with E-state index < -0.39 is 10.9 Å². The van der Waals surface area contributed by atoms with Gasteiger partial charge in [-0.1, -0.05) is 66.7 Å². The molecule has 0 aliphatic heterocycles. The molecule has 0 aromatic heterocycles. The Morgan fingerprint density at radius 1 is 0.559 bits per heavy atom. The molecule has 0 unspecified atom stereocenters. The summed E-state index contributed by atoms with van der Waals surface area (Å²) in [4.78, 5) is 26.9. The molecule has 2 aliphatic carbocycles. The number of phenols is 2. The van der Waals surface area contributed by atoms with Crippen molar-refractivity contribution in [3.8, 4) is 33.8 Å². The van der Waals surface area contributed by atoms with Crippen molar-refractivity contribution in [2.75, 3.05) is 0 Å². The molecule has 162 valence electrons. The van der Waals surface area contributed by atoms with Crippen LogP contribution in [0.1, 0.15) is 0 Å². The molecule has 4 aromatic rings. The number of rotatable bonds is 1. The third-order valence-corrected chi connectivity index (χ3v) is 6.48. The number of benzene rings is 6. The lowest BCUT2D eigenvalue weighted by atomic mass is 9.86. The van der Waals surface area contributed by atoms with Crippen molar-refractivity contribution in [2.45, 2.75) is 0 Å². The number of hydrogen-bond acceptors (Lipinski definition) is 6. The highest BCUT2D eigenvalue weighted by atomic mass is 16.3. The number of hydrogen-bond donors (Lipinski definition) is 4. The Bertz CT molecular complexity index is 2020. The molecule has 4 N–H and O–H groups in total. The van der Waals surface area contributed by atoms with Gasteiger partial charge in [-0.15, -0.1) is 0 Å². The fraction of sp³-hybridized carbons (Fsp3) is 0. The maximum absolute atomic E-state index is 13.6. The summed E-state index contributed by atoms with van der Waals surface area (Å²) in [5.41, 5.74) is -0.337. The highest BCUT2D eigenvalue weighted by Gasteiger charge is 2.25. The zero-order valence-corrected chi connectivity index (χ0v) is 17.6. The van der Waals surface area contributed by atoms with Crippen LogP contribution in [0.5, 0.6) is 11.5 Å². The fourth-order valence-electron chi connectivity index (χ4n) is 4.92. The Labute approximate surface area is 191 Å². The van der Waals surface area contributed by atoms with Gasteiger partial charge in [0.15, 0.2) is 10.9 Å². The molecule has 0 bridgehead atoms. The van der Waals surface area contributed by atoms with Gasteiger partial charge in [0.2, 0.25) is 0 Å². The molecule has 0 spiro atoms. The van der Waals surface area contributed by atoms with Crippen molar-refractivity contribution in [2.24, 2.45) is 0 Å². The Morgan fingerprint density at radius 3 is 1.79 bits per heavy atom. The standard InChI is InChI=1S/C28H16N2O4/c29-20-12-19-23(28(34)16-9-4-2-7-14(16)26(19)32)22(24(20)30)17-10-5-11-18-21(17)27(33)15-8-3-1-6-13(15)25(18)31/h1-12,29-31,33H. The zero-order valence-electron chi connectivity index (χ0n) is 17.6. The lowest BCUT2D eigenvalue weighted by Crippen LogP contribution is -2.31. The summed E-state index contributed by atoms with van der Waals surface area (Å²) in [6.07, 6.45) is 0. The van der Waals surface area contributed by atoms with Crippen LogP contribution < -0.4 is 21.6 Å². The van der Waals surface area contributed by atoms with Crippen molar-refractivity contribution in [3.05, 3.63) is 104 Å². The molecule has 0 saturated carbocycles. The van der Waals surface area contributed by atoms with E-state index >= 15 is 0 Å². The Balaban J connectivity index is 1.91. The normalized spacial score (nSPS) is 11.6. The first-order chi connectivity index (χ1) is 16.4. The SMILES string of the molecule is N=c1cc2c(=O)c3ccccc3c(=O)c-2c(-c2cccc3c(O)c4ccccc4c(O)c23)c1=N. The summed E-state index contributed by atoms with van der Waals surface area (Å²) in [7, 11) is 0. The molecule has 0 radical (unpaired) electrons. The first-order valence-corrected chi connectivity index (χ1v) is 10.6. The summed E-state index contributed by atoms with van der Waals surface area (Å²) < 4.78 is 0. The number of fused-ring (bicyclic) bond motifs is 4. The second-order valence-corrected chi connectivity index (χ2v) is 8.27. The van der Waals surface area contributed by atoms with Gasteiger partial charge in [-0.25, -0.2) is 0 Å². The van der Waals surface area contributed by atoms with E-state index in [0.29, 0.717) is 21.7 Å². The summed E-state index contributed by atoms with van der Waals surface area (Å²) in [5, 5.41) is 40.8. The van der Waals surface area contributed by atoms with Crippen LogP contribution in [0, 0.1) is 10.8 Å². The van der Waals surface area contributed by atoms with Gasteiger partial charge >= 0.3 is 0 Å². The van der Waals surface area contributed by atoms with Crippen LogP contribution in [0.2, 0.25) is 0 Å². The van der Waals surface area contributed by atoms with Crippen molar-refractivity contribution in [1.29, 1.82) is 10.8 Å². The Morgan fingerprint density at radius 2 is 1.12 bits per heavy atom. The average molecular weight is 444 g/mol. The molecule has 0 heterocycles. The summed E-state index contributed by atoms with van der Waals surface area (Å²) in [6, 6.07) is 19.5. The van der Waals surface area contributed by atoms with E-state index in [0.717, 1.165) is 0 Å². The molecule has 2 aliphatic rings. The predicted molar refractivity (Wildman–Crippen MR) is 131 cm³/mol. The topological polar surface area (TPSA) is 122 Å². The lowest BCUT2D eigenvalue weighted by molar-refractivity contribution is 0.478. The van der Waals surface area contributed by atoms with Crippen molar-refractivity contribution >= 4 is 32.3 Å². The van der Waals surface area contributed by atoms with E-state index in [1.54, 1.807) is 66.7 Å². The first-order valence-electron chi connectivity index (χ1n) is 10.6. The first kappa shape index (κ1) is 19.8. The molecule has 0 atom stereocenters. The third-order valence-electron chi connectivity index (χ3n) is 6.48. The summed E-state index contributed by atoms with van der Waals surface area (Å²) in [6.45, 7) is 0. The molecule has 0 saturated heterocycles. The van der Waals surface area contributed by atoms with Crippen molar-refractivity contribution < 1.29 is 10.2 Å². The van der Waals surface area contributed by atoms with Crippen LogP contribution in [-0.2, 0) is 0 Å². The zero-order chi connectivity index (χ0) is 23.7. The maximum Gasteiger partial charge on any atom is 0.195 e. The van der Waals surface area contributed by atoms with Crippen LogP contribution in [0.3, 0.4) is 0 Å². The molecule has 6 heteroatoms. The van der Waals surface area contributed by atoms with E-state index in [2.05, 4.69) is 0 Å². The lowest BCUT2D eigenvalue weighted by Gasteiger charge is -2.17. The van der Waals surface area contributed by atoms with E-state index in [-0.39, 0.29) is 55.1 Å². The van der Waals surface area contributed by atoms with Crippen LogP contribution in [-0.4, -0.2) is 10.2 Å². The fourth-order valence-corrected chi connectivity index (χ4v) is 4.92. The molecule has 6 nitrogen and oxygen atoms in total. The molecule has 6 rings (SSSR count). The Kier molecular flexibility index (Phi) is 3.98. The predicted octanol–water partition coefficient (Wildman–Crippen LogP) is 3.88. The second-order valence-electron chi connectivity index (χ2n) is 8.27.